The maximum Gasteiger partial charge on any atom is 0.118 e. The zero-order chi connectivity index (χ0) is 13.3. The highest BCUT2D eigenvalue weighted by atomic mass is 35.5. The number of unbranched alkanes of at least 4 members (excludes halogenated alkanes) is 1. The van der Waals surface area contributed by atoms with E-state index in [1.165, 1.54) is 12.1 Å². The van der Waals surface area contributed by atoms with Gasteiger partial charge >= 0.3 is 0 Å². The second kappa shape index (κ2) is 9.54. The maximum atomic E-state index is 8.82. The summed E-state index contributed by atoms with van der Waals surface area (Å²) in [6, 6.07) is 4.41. The minimum atomic E-state index is -0.491. The van der Waals surface area contributed by atoms with Crippen LogP contribution in [0, 0.1) is 0 Å². The van der Waals surface area contributed by atoms with Crippen LogP contribution in [0.15, 0.2) is 18.2 Å². The number of aromatic hydroxyl groups is 1. The van der Waals surface area contributed by atoms with Gasteiger partial charge in [-0.1, -0.05) is 43.0 Å². The Morgan fingerprint density at radius 1 is 1.18 bits per heavy atom. The zero-order valence-corrected chi connectivity index (χ0v) is 11.2. The Kier molecular flexibility index (Phi) is 9.27. The van der Waals surface area contributed by atoms with Crippen LogP contribution < -0.4 is 0 Å². The quantitative estimate of drug-likeness (QED) is 0.794. The molecule has 0 saturated heterocycles. The minimum Gasteiger partial charge on any atom is -0.508 e. The molecule has 0 saturated carbocycles. The Morgan fingerprint density at radius 3 is 2.06 bits per heavy atom. The van der Waals surface area contributed by atoms with E-state index in [-0.39, 0.29) is 12.4 Å². The van der Waals surface area contributed by atoms with Crippen LogP contribution in [-0.2, 0) is 0 Å². The van der Waals surface area contributed by atoms with Crippen molar-refractivity contribution in [2.24, 2.45) is 0 Å². The Bertz CT molecular complexity index is 268. The number of benzene rings is 1. The monoisotopic (exact) mass is 280 g/mol. The van der Waals surface area contributed by atoms with Crippen LogP contribution in [-0.4, -0.2) is 28.0 Å². The van der Waals surface area contributed by atoms with Crippen LogP contribution in [0.1, 0.15) is 26.2 Å². The summed E-state index contributed by atoms with van der Waals surface area (Å²) in [7, 11) is 0. The highest BCUT2D eigenvalue weighted by Crippen LogP contribution is 2.22. The fourth-order valence-electron chi connectivity index (χ4n) is 1.07. The highest BCUT2D eigenvalue weighted by Gasteiger charge is 1.97. The topological polar surface area (TPSA) is 60.7 Å². The fourth-order valence-corrected chi connectivity index (χ4v) is 1.58. The van der Waals surface area contributed by atoms with Crippen molar-refractivity contribution < 1.29 is 15.3 Å². The number of aliphatic hydroxyl groups is 2. The predicted octanol–water partition coefficient (Wildman–Crippen LogP) is 3.23. The molecule has 1 rings (SSSR count). The van der Waals surface area contributed by atoms with Gasteiger partial charge in [0.15, 0.2) is 0 Å². The summed E-state index contributed by atoms with van der Waals surface area (Å²) in [5.41, 5.74) is 0. The standard InChI is InChI=1S/C6H4Cl2O.C6H14O2/c7-4-1-5(8)3-6(9)2-4;1-2-3-4-6(8)5-7/h1-3,9H;6-8H,2-5H2,1H3. The van der Waals surface area contributed by atoms with Crippen LogP contribution in [0.2, 0.25) is 10.0 Å². The fraction of sp³-hybridized carbons (Fsp3) is 0.500. The molecule has 0 radical (unpaired) electrons. The molecule has 0 amide bonds. The summed E-state index contributed by atoms with van der Waals surface area (Å²) in [4.78, 5) is 0. The lowest BCUT2D eigenvalue weighted by molar-refractivity contribution is 0.0865. The molecule has 5 heteroatoms. The Hall–Kier alpha value is -0.480. The van der Waals surface area contributed by atoms with Crippen molar-refractivity contribution >= 4 is 23.2 Å². The lowest BCUT2D eigenvalue weighted by atomic mass is 10.2. The van der Waals surface area contributed by atoms with Crippen LogP contribution in [0.5, 0.6) is 5.75 Å². The van der Waals surface area contributed by atoms with Crippen molar-refractivity contribution in [3.8, 4) is 5.75 Å². The second-order valence-electron chi connectivity index (χ2n) is 3.61. The van der Waals surface area contributed by atoms with E-state index in [4.69, 9.17) is 38.5 Å². The molecule has 0 spiro atoms. The molecule has 0 bridgehead atoms. The van der Waals surface area contributed by atoms with Crippen molar-refractivity contribution in [1.82, 2.24) is 0 Å². The van der Waals surface area contributed by atoms with Gasteiger partial charge in [-0.15, -0.1) is 0 Å². The highest BCUT2D eigenvalue weighted by molar-refractivity contribution is 6.34. The number of hydrogen-bond acceptors (Lipinski definition) is 3. The van der Waals surface area contributed by atoms with Gasteiger partial charge in [-0.05, 0) is 24.6 Å². The van der Waals surface area contributed by atoms with Crippen molar-refractivity contribution in [2.75, 3.05) is 6.61 Å². The van der Waals surface area contributed by atoms with Gasteiger partial charge in [-0.25, -0.2) is 0 Å². The molecule has 0 aromatic heterocycles. The van der Waals surface area contributed by atoms with E-state index in [9.17, 15) is 0 Å². The smallest absolute Gasteiger partial charge is 0.118 e. The van der Waals surface area contributed by atoms with E-state index < -0.39 is 6.10 Å². The normalized spacial score (nSPS) is 11.6. The first kappa shape index (κ1) is 16.5. The summed E-state index contributed by atoms with van der Waals surface area (Å²) < 4.78 is 0. The largest absolute Gasteiger partial charge is 0.508 e. The Balaban J connectivity index is 0.000000304. The molecule has 17 heavy (non-hydrogen) atoms. The van der Waals surface area contributed by atoms with E-state index in [2.05, 4.69) is 6.92 Å². The van der Waals surface area contributed by atoms with Gasteiger partial charge in [0.25, 0.3) is 0 Å². The molecular weight excluding hydrogens is 263 g/mol. The first-order valence-electron chi connectivity index (χ1n) is 5.43. The zero-order valence-electron chi connectivity index (χ0n) is 9.74. The Labute approximate surface area is 112 Å². The maximum absolute atomic E-state index is 8.82. The summed E-state index contributed by atoms with van der Waals surface area (Å²) >= 11 is 11.0. The van der Waals surface area contributed by atoms with E-state index in [1.807, 2.05) is 0 Å². The average Bonchev–Trinajstić information content (AvgIpc) is 2.24. The lowest BCUT2D eigenvalue weighted by Crippen LogP contribution is -2.10. The summed E-state index contributed by atoms with van der Waals surface area (Å²) in [6.45, 7) is 1.96. The molecule has 0 aliphatic rings. The van der Waals surface area contributed by atoms with Crippen molar-refractivity contribution in [3.63, 3.8) is 0 Å². The predicted molar refractivity (Wildman–Crippen MR) is 70.7 cm³/mol. The molecule has 1 atom stereocenters. The van der Waals surface area contributed by atoms with Crippen LogP contribution >= 0.6 is 23.2 Å². The lowest BCUT2D eigenvalue weighted by Gasteiger charge is -2.02. The molecule has 1 aromatic carbocycles. The number of aliphatic hydroxyl groups excluding tert-OH is 2. The van der Waals surface area contributed by atoms with E-state index >= 15 is 0 Å². The van der Waals surface area contributed by atoms with E-state index in [1.54, 1.807) is 6.07 Å². The molecule has 0 heterocycles. The molecule has 98 valence electrons. The van der Waals surface area contributed by atoms with E-state index in [0.29, 0.717) is 10.0 Å². The number of phenols is 1. The second-order valence-corrected chi connectivity index (χ2v) is 4.48. The third-order valence-electron chi connectivity index (χ3n) is 1.95. The van der Waals surface area contributed by atoms with Crippen molar-refractivity contribution in [1.29, 1.82) is 0 Å². The number of hydrogen-bond donors (Lipinski definition) is 3. The van der Waals surface area contributed by atoms with Crippen LogP contribution in [0.3, 0.4) is 0 Å². The Morgan fingerprint density at radius 2 is 1.71 bits per heavy atom. The van der Waals surface area contributed by atoms with E-state index in [0.717, 1.165) is 19.3 Å². The number of halogens is 2. The molecular formula is C12H18Cl2O3. The van der Waals surface area contributed by atoms with Crippen molar-refractivity contribution in [2.45, 2.75) is 32.3 Å². The first-order valence-corrected chi connectivity index (χ1v) is 6.19. The van der Waals surface area contributed by atoms with Crippen molar-refractivity contribution in [3.05, 3.63) is 28.2 Å². The third-order valence-corrected chi connectivity index (χ3v) is 2.39. The van der Waals surface area contributed by atoms with Crippen LogP contribution in [0.4, 0.5) is 0 Å². The minimum absolute atomic E-state index is 0.0903. The molecule has 0 aliphatic carbocycles. The molecule has 0 aliphatic heterocycles. The molecule has 3 nitrogen and oxygen atoms in total. The molecule has 3 N–H and O–H groups in total. The van der Waals surface area contributed by atoms with Gasteiger partial charge in [-0.2, -0.15) is 0 Å². The average molecular weight is 281 g/mol. The van der Waals surface area contributed by atoms with Crippen LogP contribution in [0.25, 0.3) is 0 Å². The van der Waals surface area contributed by atoms with Gasteiger partial charge in [-0.3, -0.25) is 0 Å². The van der Waals surface area contributed by atoms with Gasteiger partial charge in [0.05, 0.1) is 12.7 Å². The summed E-state index contributed by atoms with van der Waals surface area (Å²) in [6.07, 6.45) is 2.32. The third kappa shape index (κ3) is 9.24. The van der Waals surface area contributed by atoms with Gasteiger partial charge in [0, 0.05) is 10.0 Å². The number of phenolic OH excluding ortho intramolecular Hbond substituents is 1. The summed E-state index contributed by atoms with van der Waals surface area (Å²) in [5.74, 6) is 0.0903. The molecule has 1 unspecified atom stereocenters. The van der Waals surface area contributed by atoms with Gasteiger partial charge < -0.3 is 15.3 Å². The SMILES string of the molecule is CCCCC(O)CO.Oc1cc(Cl)cc(Cl)c1. The first-order chi connectivity index (χ1) is 7.99. The molecule has 1 aromatic rings. The molecule has 0 fully saturated rings. The summed E-state index contributed by atoms with van der Waals surface area (Å²) in [5, 5.41) is 26.8. The van der Waals surface area contributed by atoms with Gasteiger partial charge in [0.2, 0.25) is 0 Å². The van der Waals surface area contributed by atoms with Gasteiger partial charge in [0.1, 0.15) is 5.75 Å². The number of rotatable bonds is 4.